The van der Waals surface area contributed by atoms with E-state index >= 15 is 0 Å². The van der Waals surface area contributed by atoms with Crippen molar-refractivity contribution in [3.05, 3.63) is 35.4 Å². The zero-order chi connectivity index (χ0) is 21.7. The molecule has 3 aromatic heterocycles. The minimum Gasteiger partial charge on any atom is -0.343 e. The molecule has 3 aliphatic rings. The van der Waals surface area contributed by atoms with Gasteiger partial charge in [0.15, 0.2) is 0 Å². The molecule has 5 heterocycles. The smallest absolute Gasteiger partial charge is 0.226 e. The SMILES string of the molecule is CN1CCN(C(=O)C2CCc3[nH]c4ncnc(Nc5cc6c(cn5)NNC6)c4c3C2)CC1. The number of carbonyl (C=O) groups excluding carboxylic acids is 1. The molecule has 1 fully saturated rings. The zero-order valence-electron chi connectivity index (χ0n) is 18.1. The molecular weight excluding hydrogens is 406 g/mol. The molecule has 1 saturated heterocycles. The lowest BCUT2D eigenvalue weighted by molar-refractivity contribution is -0.137. The molecule has 0 bridgehead atoms. The Balaban J connectivity index is 1.29. The molecule has 3 aromatic rings. The molecule has 1 atom stereocenters. The Bertz CT molecular complexity index is 1180. The van der Waals surface area contributed by atoms with Crippen LogP contribution in [0.5, 0.6) is 0 Å². The van der Waals surface area contributed by atoms with Gasteiger partial charge in [0, 0.05) is 44.3 Å². The summed E-state index contributed by atoms with van der Waals surface area (Å²) in [4.78, 5) is 34.5. The van der Waals surface area contributed by atoms with E-state index in [9.17, 15) is 4.79 Å². The first-order chi connectivity index (χ1) is 15.7. The zero-order valence-corrected chi connectivity index (χ0v) is 18.1. The van der Waals surface area contributed by atoms with Crippen molar-refractivity contribution in [3.63, 3.8) is 0 Å². The van der Waals surface area contributed by atoms with Crippen LogP contribution in [0.15, 0.2) is 18.6 Å². The van der Waals surface area contributed by atoms with Gasteiger partial charge in [0.1, 0.15) is 23.6 Å². The molecule has 10 heteroatoms. The molecule has 0 aromatic carbocycles. The van der Waals surface area contributed by atoms with Gasteiger partial charge in [-0.1, -0.05) is 0 Å². The van der Waals surface area contributed by atoms with Crippen LogP contribution in [0.3, 0.4) is 0 Å². The number of hydrogen-bond donors (Lipinski definition) is 4. The van der Waals surface area contributed by atoms with Crippen molar-refractivity contribution in [1.82, 2.24) is 35.2 Å². The summed E-state index contributed by atoms with van der Waals surface area (Å²) in [7, 11) is 2.11. The minimum absolute atomic E-state index is 0.00762. The lowest BCUT2D eigenvalue weighted by Crippen LogP contribution is -2.49. The quantitative estimate of drug-likeness (QED) is 0.490. The van der Waals surface area contributed by atoms with Crippen LogP contribution in [0.1, 0.15) is 23.2 Å². The maximum atomic E-state index is 13.2. The summed E-state index contributed by atoms with van der Waals surface area (Å²) in [6.07, 6.45) is 5.81. The standard InChI is InChI=1S/C22H27N9O/c1-30-4-6-31(7-5-30)22(32)13-2-3-16-15(8-13)19-20(27-16)24-12-25-21(19)28-18-9-14-10-26-29-17(14)11-23-18/h9,11-13,26,29H,2-8,10H2,1H3,(H2,23,24,25,27,28). The second-order valence-corrected chi connectivity index (χ2v) is 8.93. The molecular formula is C22H27N9O. The normalized spacial score (nSPS) is 20.7. The molecule has 0 radical (unpaired) electrons. The maximum absolute atomic E-state index is 13.2. The van der Waals surface area contributed by atoms with E-state index in [2.05, 4.69) is 48.1 Å². The summed E-state index contributed by atoms with van der Waals surface area (Å²) in [6, 6.07) is 2.02. The predicted molar refractivity (Wildman–Crippen MR) is 121 cm³/mol. The Labute approximate surface area is 185 Å². The van der Waals surface area contributed by atoms with Crippen LogP contribution in [-0.4, -0.2) is 68.9 Å². The van der Waals surface area contributed by atoms with Crippen molar-refractivity contribution in [3.8, 4) is 0 Å². The topological polar surface area (TPSA) is 114 Å². The average molecular weight is 434 g/mol. The fourth-order valence-corrected chi connectivity index (χ4v) is 5.01. The lowest BCUT2D eigenvalue weighted by Gasteiger charge is -2.35. The van der Waals surface area contributed by atoms with Gasteiger partial charge in [-0.05, 0) is 43.5 Å². The summed E-state index contributed by atoms with van der Waals surface area (Å²) in [5.41, 5.74) is 11.5. The first-order valence-electron chi connectivity index (χ1n) is 11.2. The van der Waals surface area contributed by atoms with Crippen molar-refractivity contribution in [2.45, 2.75) is 25.8 Å². The van der Waals surface area contributed by atoms with E-state index in [4.69, 9.17) is 0 Å². The lowest BCUT2D eigenvalue weighted by atomic mass is 9.85. The van der Waals surface area contributed by atoms with Gasteiger partial charge >= 0.3 is 0 Å². The molecule has 166 valence electrons. The first-order valence-corrected chi connectivity index (χ1v) is 11.2. The van der Waals surface area contributed by atoms with Crippen molar-refractivity contribution < 1.29 is 4.79 Å². The number of anilines is 3. The van der Waals surface area contributed by atoms with Crippen molar-refractivity contribution in [2.75, 3.05) is 44.0 Å². The third-order valence-electron chi connectivity index (χ3n) is 6.88. The number of likely N-dealkylation sites (N-methyl/N-ethyl adjacent to an activating group) is 1. The average Bonchev–Trinajstić information content (AvgIpc) is 3.43. The van der Waals surface area contributed by atoms with E-state index in [0.29, 0.717) is 6.42 Å². The summed E-state index contributed by atoms with van der Waals surface area (Å²) < 4.78 is 0. The second kappa shape index (κ2) is 7.72. The van der Waals surface area contributed by atoms with Gasteiger partial charge in [-0.3, -0.25) is 4.79 Å². The van der Waals surface area contributed by atoms with E-state index in [1.165, 1.54) is 5.69 Å². The van der Waals surface area contributed by atoms with Gasteiger partial charge < -0.3 is 25.5 Å². The van der Waals surface area contributed by atoms with E-state index < -0.39 is 0 Å². The fraction of sp³-hybridized carbons (Fsp3) is 0.455. The highest BCUT2D eigenvalue weighted by Gasteiger charge is 2.32. The second-order valence-electron chi connectivity index (χ2n) is 8.93. The number of rotatable bonds is 3. The highest BCUT2D eigenvalue weighted by atomic mass is 16.2. The van der Waals surface area contributed by atoms with Gasteiger partial charge in [0.25, 0.3) is 0 Å². The number of piperazine rings is 1. The van der Waals surface area contributed by atoms with E-state index in [0.717, 1.165) is 85.0 Å². The van der Waals surface area contributed by atoms with Crippen LogP contribution >= 0.6 is 0 Å². The Morgan fingerprint density at radius 3 is 2.94 bits per heavy atom. The molecule has 1 unspecified atom stereocenters. The van der Waals surface area contributed by atoms with Crippen molar-refractivity contribution >= 4 is 34.3 Å². The van der Waals surface area contributed by atoms with Gasteiger partial charge in [0.05, 0.1) is 17.3 Å². The Kier molecular flexibility index (Phi) is 4.69. The molecule has 1 aliphatic carbocycles. The van der Waals surface area contributed by atoms with Crippen molar-refractivity contribution in [2.24, 2.45) is 5.92 Å². The van der Waals surface area contributed by atoms with Gasteiger partial charge in [-0.15, -0.1) is 0 Å². The molecule has 2 aliphatic heterocycles. The summed E-state index contributed by atoms with van der Waals surface area (Å²) in [6.45, 7) is 4.27. The minimum atomic E-state index is 0.00762. The number of amides is 1. The number of aromatic amines is 1. The maximum Gasteiger partial charge on any atom is 0.226 e. The predicted octanol–water partition coefficient (Wildman–Crippen LogP) is 1.41. The molecule has 0 saturated carbocycles. The summed E-state index contributed by atoms with van der Waals surface area (Å²) in [5.74, 6) is 1.76. The third-order valence-corrected chi connectivity index (χ3v) is 6.88. The number of nitrogens with one attached hydrogen (secondary N) is 4. The van der Waals surface area contributed by atoms with Crippen LogP contribution in [0.2, 0.25) is 0 Å². The Hall–Kier alpha value is -3.24. The number of hydrazine groups is 1. The highest BCUT2D eigenvalue weighted by Crippen LogP contribution is 2.36. The summed E-state index contributed by atoms with van der Waals surface area (Å²) >= 11 is 0. The Morgan fingerprint density at radius 1 is 1.19 bits per heavy atom. The van der Waals surface area contributed by atoms with Crippen LogP contribution in [0.4, 0.5) is 17.3 Å². The Morgan fingerprint density at radius 2 is 2.06 bits per heavy atom. The number of fused-ring (bicyclic) bond motifs is 4. The van der Waals surface area contributed by atoms with Crippen LogP contribution < -0.4 is 16.2 Å². The molecule has 6 rings (SSSR count). The number of nitrogens with zero attached hydrogens (tertiary/aromatic N) is 5. The molecule has 10 nitrogen and oxygen atoms in total. The number of H-pyrrole nitrogens is 1. The fourth-order valence-electron chi connectivity index (χ4n) is 5.01. The van der Waals surface area contributed by atoms with Crippen LogP contribution in [-0.2, 0) is 24.2 Å². The van der Waals surface area contributed by atoms with Gasteiger partial charge in [0.2, 0.25) is 5.91 Å². The number of pyridine rings is 1. The van der Waals surface area contributed by atoms with Gasteiger partial charge in [-0.25, -0.2) is 20.4 Å². The molecule has 0 spiro atoms. The van der Waals surface area contributed by atoms with Crippen molar-refractivity contribution in [1.29, 1.82) is 0 Å². The largest absolute Gasteiger partial charge is 0.343 e. The summed E-state index contributed by atoms with van der Waals surface area (Å²) in [5, 5.41) is 4.36. The third kappa shape index (κ3) is 3.35. The molecule has 32 heavy (non-hydrogen) atoms. The number of aromatic nitrogens is 4. The monoisotopic (exact) mass is 433 g/mol. The number of aryl methyl sites for hydroxylation is 1. The van der Waals surface area contributed by atoms with E-state index in [1.807, 2.05) is 17.2 Å². The molecule has 4 N–H and O–H groups in total. The highest BCUT2D eigenvalue weighted by molar-refractivity contribution is 5.94. The number of hydrogen-bond acceptors (Lipinski definition) is 8. The van der Waals surface area contributed by atoms with E-state index in [-0.39, 0.29) is 11.8 Å². The molecule has 1 amide bonds. The van der Waals surface area contributed by atoms with E-state index in [1.54, 1.807) is 6.33 Å². The van der Waals surface area contributed by atoms with Crippen LogP contribution in [0, 0.1) is 5.92 Å². The van der Waals surface area contributed by atoms with Crippen LogP contribution in [0.25, 0.3) is 11.0 Å². The van der Waals surface area contributed by atoms with Gasteiger partial charge in [-0.2, -0.15) is 0 Å². The number of carbonyl (C=O) groups is 1. The first kappa shape index (κ1) is 19.4.